The minimum atomic E-state index is -4.10. The molecule has 1 saturated heterocycles. The monoisotopic (exact) mass is 486 g/mol. The number of carbonyl (C=O) groups excluding carboxylic acids is 1. The Bertz CT molecular complexity index is 1040. The van der Waals surface area contributed by atoms with Crippen LogP contribution in [0.4, 0.5) is 0 Å². The number of benzene rings is 2. The second kappa shape index (κ2) is 10.1. The first kappa shape index (κ1) is 23.7. The highest BCUT2D eigenvalue weighted by molar-refractivity contribution is 7.89. The van der Waals surface area contributed by atoms with Crippen LogP contribution in [0.3, 0.4) is 0 Å². The summed E-state index contributed by atoms with van der Waals surface area (Å²) in [4.78, 5) is 12.7. The number of halogens is 2. The van der Waals surface area contributed by atoms with E-state index >= 15 is 0 Å². The summed E-state index contributed by atoms with van der Waals surface area (Å²) in [7, 11) is -1.07. The summed E-state index contributed by atoms with van der Waals surface area (Å²) in [6, 6.07) is 8.39. The molecule has 1 atom stereocenters. The first-order valence-electron chi connectivity index (χ1n) is 9.73. The van der Waals surface area contributed by atoms with Crippen molar-refractivity contribution in [3.05, 3.63) is 52.0 Å². The Morgan fingerprint density at radius 1 is 1.03 bits per heavy atom. The molecule has 1 aliphatic heterocycles. The zero-order valence-electron chi connectivity index (χ0n) is 17.2. The number of carbonyl (C=O) groups is 1. The van der Waals surface area contributed by atoms with Gasteiger partial charge in [-0.2, -0.15) is 4.31 Å². The van der Waals surface area contributed by atoms with Crippen molar-refractivity contribution >= 4 is 39.1 Å². The van der Waals surface area contributed by atoms with Gasteiger partial charge in [0, 0.05) is 23.1 Å². The molecule has 0 spiro atoms. The number of ether oxygens (including phenoxy) is 2. The average Bonchev–Trinajstić information content (AvgIpc) is 2.95. The molecular weight excluding hydrogens is 463 g/mol. The summed E-state index contributed by atoms with van der Waals surface area (Å²) in [6.45, 7) is 0.480. The third-order valence-corrected chi connectivity index (χ3v) is 7.35. The number of methoxy groups -OCH3 is 2. The second-order valence-electron chi connectivity index (χ2n) is 7.15. The van der Waals surface area contributed by atoms with Gasteiger partial charge in [0.2, 0.25) is 15.9 Å². The Kier molecular flexibility index (Phi) is 7.69. The summed E-state index contributed by atoms with van der Waals surface area (Å²) < 4.78 is 39.1. The van der Waals surface area contributed by atoms with Crippen molar-refractivity contribution < 1.29 is 22.7 Å². The van der Waals surface area contributed by atoms with E-state index in [0.29, 0.717) is 30.0 Å². The van der Waals surface area contributed by atoms with Crippen molar-refractivity contribution in [3.8, 4) is 11.5 Å². The maximum atomic E-state index is 13.6. The lowest BCUT2D eigenvalue weighted by Crippen LogP contribution is -2.48. The SMILES string of the molecule is COc1ccc(CN(C2CCCCNC2=O)S(=O)(=O)c2cc(Cl)cc(Cl)c2)cc1OC. The van der Waals surface area contributed by atoms with Crippen LogP contribution in [0.25, 0.3) is 0 Å². The molecule has 1 aliphatic rings. The van der Waals surface area contributed by atoms with Crippen LogP contribution in [0.1, 0.15) is 24.8 Å². The number of nitrogens with one attached hydrogen (secondary N) is 1. The maximum Gasteiger partial charge on any atom is 0.244 e. The molecule has 1 fully saturated rings. The molecule has 0 bridgehead atoms. The number of hydrogen-bond acceptors (Lipinski definition) is 5. The summed E-state index contributed by atoms with van der Waals surface area (Å²) >= 11 is 12.1. The molecule has 7 nitrogen and oxygen atoms in total. The zero-order chi connectivity index (χ0) is 22.6. The van der Waals surface area contributed by atoms with Crippen molar-refractivity contribution in [2.45, 2.75) is 36.7 Å². The number of nitrogens with zero attached hydrogens (tertiary/aromatic N) is 1. The maximum absolute atomic E-state index is 13.6. The van der Waals surface area contributed by atoms with Crippen LogP contribution < -0.4 is 14.8 Å². The Hall–Kier alpha value is -2.00. The van der Waals surface area contributed by atoms with Crippen molar-refractivity contribution in [2.24, 2.45) is 0 Å². The highest BCUT2D eigenvalue weighted by atomic mass is 35.5. The summed E-state index contributed by atoms with van der Waals surface area (Å²) in [6.07, 6.45) is 1.92. The Morgan fingerprint density at radius 2 is 1.71 bits per heavy atom. The fraction of sp³-hybridized carbons (Fsp3) is 0.381. The van der Waals surface area contributed by atoms with Gasteiger partial charge in [-0.25, -0.2) is 8.42 Å². The van der Waals surface area contributed by atoms with Crippen LogP contribution >= 0.6 is 23.2 Å². The Balaban J connectivity index is 2.07. The second-order valence-corrected chi connectivity index (χ2v) is 9.91. The van der Waals surface area contributed by atoms with E-state index in [1.165, 1.54) is 36.7 Å². The van der Waals surface area contributed by atoms with E-state index in [0.717, 1.165) is 12.8 Å². The molecule has 168 valence electrons. The number of hydrogen-bond donors (Lipinski definition) is 1. The van der Waals surface area contributed by atoms with Gasteiger partial charge in [-0.3, -0.25) is 4.79 Å². The summed E-state index contributed by atoms with van der Waals surface area (Å²) in [5, 5.41) is 3.20. The normalized spacial score (nSPS) is 17.2. The fourth-order valence-electron chi connectivity index (χ4n) is 3.53. The van der Waals surface area contributed by atoms with Crippen molar-refractivity contribution in [1.29, 1.82) is 0 Å². The van der Waals surface area contributed by atoms with E-state index in [-0.39, 0.29) is 27.4 Å². The van der Waals surface area contributed by atoms with Crippen molar-refractivity contribution in [2.75, 3.05) is 20.8 Å². The average molecular weight is 487 g/mol. The molecule has 31 heavy (non-hydrogen) atoms. The zero-order valence-corrected chi connectivity index (χ0v) is 19.6. The van der Waals surface area contributed by atoms with E-state index in [4.69, 9.17) is 32.7 Å². The first-order chi connectivity index (χ1) is 14.8. The van der Waals surface area contributed by atoms with Gasteiger partial charge in [-0.05, 0) is 55.2 Å². The van der Waals surface area contributed by atoms with E-state index in [2.05, 4.69) is 5.32 Å². The van der Waals surface area contributed by atoms with Gasteiger partial charge in [0.05, 0.1) is 19.1 Å². The number of amides is 1. The van der Waals surface area contributed by atoms with Crippen LogP contribution in [-0.4, -0.2) is 45.4 Å². The predicted molar refractivity (Wildman–Crippen MR) is 119 cm³/mol. The van der Waals surface area contributed by atoms with E-state index in [1.54, 1.807) is 18.2 Å². The van der Waals surface area contributed by atoms with Gasteiger partial charge in [-0.1, -0.05) is 29.3 Å². The first-order valence-corrected chi connectivity index (χ1v) is 11.9. The molecule has 2 aromatic rings. The van der Waals surface area contributed by atoms with E-state index < -0.39 is 16.1 Å². The minimum Gasteiger partial charge on any atom is -0.493 e. The minimum absolute atomic E-state index is 0.0368. The lowest BCUT2D eigenvalue weighted by Gasteiger charge is -2.29. The third-order valence-electron chi connectivity index (χ3n) is 5.08. The molecule has 0 aromatic heterocycles. The lowest BCUT2D eigenvalue weighted by molar-refractivity contribution is -0.124. The quantitative estimate of drug-likeness (QED) is 0.641. The molecule has 1 heterocycles. The largest absolute Gasteiger partial charge is 0.493 e. The number of rotatable bonds is 7. The van der Waals surface area contributed by atoms with Crippen LogP contribution in [0, 0.1) is 0 Å². The fourth-order valence-corrected chi connectivity index (χ4v) is 5.87. The molecule has 0 radical (unpaired) electrons. The molecule has 0 aliphatic carbocycles. The summed E-state index contributed by atoms with van der Waals surface area (Å²) in [5.41, 5.74) is 0.645. The molecular formula is C21H24Cl2N2O5S. The molecule has 2 aromatic carbocycles. The van der Waals surface area contributed by atoms with Crippen LogP contribution in [0.15, 0.2) is 41.3 Å². The van der Waals surface area contributed by atoms with Gasteiger partial charge in [0.15, 0.2) is 11.5 Å². The lowest BCUT2D eigenvalue weighted by atomic mass is 10.1. The Labute approximate surface area is 192 Å². The predicted octanol–water partition coefficient (Wildman–Crippen LogP) is 3.87. The van der Waals surface area contributed by atoms with Crippen LogP contribution in [0.2, 0.25) is 10.0 Å². The Morgan fingerprint density at radius 3 is 2.35 bits per heavy atom. The topological polar surface area (TPSA) is 84.9 Å². The van der Waals surface area contributed by atoms with Crippen LogP contribution in [-0.2, 0) is 21.4 Å². The van der Waals surface area contributed by atoms with Gasteiger partial charge < -0.3 is 14.8 Å². The van der Waals surface area contributed by atoms with Crippen LogP contribution in [0.5, 0.6) is 11.5 Å². The molecule has 1 amide bonds. The highest BCUT2D eigenvalue weighted by Gasteiger charge is 2.37. The highest BCUT2D eigenvalue weighted by Crippen LogP contribution is 2.32. The number of sulfonamides is 1. The van der Waals surface area contributed by atoms with E-state index in [9.17, 15) is 13.2 Å². The standard InChI is InChI=1S/C21H24Cl2N2O5S/c1-29-19-7-6-14(9-20(19)30-2)13-25(18-5-3-4-8-24-21(18)26)31(27,28)17-11-15(22)10-16(23)12-17/h6-7,9-12,18H,3-5,8,13H2,1-2H3,(H,24,26). The van der Waals surface area contributed by atoms with Crippen molar-refractivity contribution in [3.63, 3.8) is 0 Å². The molecule has 3 rings (SSSR count). The molecule has 1 N–H and O–H groups in total. The molecule has 10 heteroatoms. The van der Waals surface area contributed by atoms with E-state index in [1.807, 2.05) is 0 Å². The molecule has 1 unspecified atom stereocenters. The van der Waals surface area contributed by atoms with Gasteiger partial charge in [0.1, 0.15) is 6.04 Å². The van der Waals surface area contributed by atoms with Gasteiger partial charge in [0.25, 0.3) is 0 Å². The van der Waals surface area contributed by atoms with Gasteiger partial charge >= 0.3 is 0 Å². The smallest absolute Gasteiger partial charge is 0.244 e. The molecule has 0 saturated carbocycles. The van der Waals surface area contributed by atoms with Crippen molar-refractivity contribution in [1.82, 2.24) is 9.62 Å². The summed E-state index contributed by atoms with van der Waals surface area (Å²) in [5.74, 6) is 0.664. The van der Waals surface area contributed by atoms with Gasteiger partial charge in [-0.15, -0.1) is 0 Å². The third kappa shape index (κ3) is 5.44.